The highest BCUT2D eigenvalue weighted by Crippen LogP contribution is 2.30. The average Bonchev–Trinajstić information content (AvgIpc) is 2.88. The van der Waals surface area contributed by atoms with Crippen LogP contribution in [0.25, 0.3) is 0 Å². The number of nitrogens with zero attached hydrogens (tertiary/aromatic N) is 1. The summed E-state index contributed by atoms with van der Waals surface area (Å²) >= 11 is 0. The number of hydrogen-bond donors (Lipinski definition) is 1. The highest BCUT2D eigenvalue weighted by molar-refractivity contribution is 5.95. The molecule has 0 amide bonds. The molecule has 0 aliphatic carbocycles. The maximum Gasteiger partial charge on any atom is 0.416 e. The van der Waals surface area contributed by atoms with Crippen LogP contribution >= 0.6 is 0 Å². The fourth-order valence-corrected chi connectivity index (χ4v) is 2.16. The minimum atomic E-state index is -4.31. The number of halogens is 3. The van der Waals surface area contributed by atoms with Gasteiger partial charge in [0.15, 0.2) is 0 Å². The van der Waals surface area contributed by atoms with Crippen LogP contribution in [0.1, 0.15) is 11.1 Å². The molecule has 0 bridgehead atoms. The second-order valence-corrected chi connectivity index (χ2v) is 4.39. The second kappa shape index (κ2) is 3.98. The molecular formula is C12H11F3N2O. The molecule has 3 rings (SSSR count). The monoisotopic (exact) mass is 256 g/mol. The fourth-order valence-electron chi connectivity index (χ4n) is 2.16. The Labute approximate surface area is 102 Å². The van der Waals surface area contributed by atoms with E-state index in [0.29, 0.717) is 11.5 Å². The predicted octanol–water partition coefficient (Wildman–Crippen LogP) is 1.82. The van der Waals surface area contributed by atoms with Gasteiger partial charge in [-0.25, -0.2) is 4.99 Å². The molecular weight excluding hydrogens is 245 g/mol. The van der Waals surface area contributed by atoms with E-state index in [1.165, 1.54) is 12.1 Å². The molecule has 2 aliphatic rings. The van der Waals surface area contributed by atoms with Crippen molar-refractivity contribution in [1.82, 2.24) is 5.32 Å². The van der Waals surface area contributed by atoms with Crippen LogP contribution in [-0.2, 0) is 10.9 Å². The van der Waals surface area contributed by atoms with Gasteiger partial charge in [0.2, 0.25) is 5.90 Å². The van der Waals surface area contributed by atoms with Crippen LogP contribution in [0.3, 0.4) is 0 Å². The summed E-state index contributed by atoms with van der Waals surface area (Å²) in [5.74, 6) is 0.445. The standard InChI is InChI=1S/C12H11F3N2O/c13-12(14,15)8-3-1-7(2-4-8)11-17-9-5-16-6-10(9)18-11/h1-4,9-10,16H,5-6H2. The van der Waals surface area contributed by atoms with E-state index in [4.69, 9.17) is 4.74 Å². The van der Waals surface area contributed by atoms with E-state index in [1.807, 2.05) is 0 Å². The number of aliphatic imine (C=N–C) groups is 1. The van der Waals surface area contributed by atoms with Crippen molar-refractivity contribution in [3.05, 3.63) is 35.4 Å². The quantitative estimate of drug-likeness (QED) is 0.831. The van der Waals surface area contributed by atoms with Gasteiger partial charge in [0.05, 0.1) is 5.56 Å². The Balaban J connectivity index is 1.82. The summed E-state index contributed by atoms with van der Waals surface area (Å²) in [5, 5.41) is 3.14. The summed E-state index contributed by atoms with van der Waals surface area (Å²) in [4.78, 5) is 4.36. The third-order valence-electron chi connectivity index (χ3n) is 3.13. The summed E-state index contributed by atoms with van der Waals surface area (Å²) < 4.78 is 42.8. The first kappa shape index (κ1) is 11.5. The number of rotatable bonds is 1. The minimum Gasteiger partial charge on any atom is -0.470 e. The lowest BCUT2D eigenvalue weighted by atomic mass is 10.1. The summed E-state index contributed by atoms with van der Waals surface area (Å²) in [7, 11) is 0. The van der Waals surface area contributed by atoms with Gasteiger partial charge in [-0.3, -0.25) is 0 Å². The summed E-state index contributed by atoms with van der Waals surface area (Å²) in [6.45, 7) is 1.49. The summed E-state index contributed by atoms with van der Waals surface area (Å²) in [6, 6.07) is 4.98. The Bertz CT molecular complexity index is 481. The minimum absolute atomic E-state index is 0.0160. The first-order valence-corrected chi connectivity index (χ1v) is 5.67. The van der Waals surface area contributed by atoms with E-state index in [-0.39, 0.29) is 12.1 Å². The molecule has 2 aliphatic heterocycles. The van der Waals surface area contributed by atoms with Crippen LogP contribution in [0.5, 0.6) is 0 Å². The lowest BCUT2D eigenvalue weighted by molar-refractivity contribution is -0.137. The lowest BCUT2D eigenvalue weighted by Gasteiger charge is -2.09. The van der Waals surface area contributed by atoms with Crippen molar-refractivity contribution >= 4 is 5.90 Å². The Hall–Kier alpha value is -1.56. The van der Waals surface area contributed by atoms with Crippen molar-refractivity contribution in [3.63, 3.8) is 0 Å². The Morgan fingerprint density at radius 3 is 2.50 bits per heavy atom. The maximum absolute atomic E-state index is 12.4. The molecule has 0 radical (unpaired) electrons. The molecule has 0 aromatic heterocycles. The Morgan fingerprint density at radius 1 is 1.17 bits per heavy atom. The molecule has 1 aromatic rings. The van der Waals surface area contributed by atoms with Crippen molar-refractivity contribution < 1.29 is 17.9 Å². The van der Waals surface area contributed by atoms with Gasteiger partial charge in [-0.2, -0.15) is 13.2 Å². The topological polar surface area (TPSA) is 33.6 Å². The number of nitrogens with one attached hydrogen (secondary N) is 1. The molecule has 0 spiro atoms. The molecule has 1 fully saturated rings. The Kier molecular flexibility index (Phi) is 2.55. The molecule has 1 aromatic carbocycles. The SMILES string of the molecule is FC(F)(F)c1ccc(C2=NC3CNCC3O2)cc1. The number of benzene rings is 1. The second-order valence-electron chi connectivity index (χ2n) is 4.39. The van der Waals surface area contributed by atoms with Gasteiger partial charge in [0.1, 0.15) is 12.1 Å². The molecule has 6 heteroatoms. The summed E-state index contributed by atoms with van der Waals surface area (Å²) in [6.07, 6.45) is -4.29. The number of alkyl halides is 3. The molecule has 3 nitrogen and oxygen atoms in total. The smallest absolute Gasteiger partial charge is 0.416 e. The molecule has 1 saturated heterocycles. The van der Waals surface area contributed by atoms with Gasteiger partial charge in [0.25, 0.3) is 0 Å². The van der Waals surface area contributed by atoms with E-state index in [2.05, 4.69) is 10.3 Å². The first-order chi connectivity index (χ1) is 8.54. The van der Waals surface area contributed by atoms with Crippen molar-refractivity contribution in [2.45, 2.75) is 18.3 Å². The normalized spacial score (nSPS) is 26.7. The van der Waals surface area contributed by atoms with Crippen LogP contribution in [-0.4, -0.2) is 31.1 Å². The molecule has 2 atom stereocenters. The van der Waals surface area contributed by atoms with E-state index in [9.17, 15) is 13.2 Å². The zero-order chi connectivity index (χ0) is 12.8. The van der Waals surface area contributed by atoms with Gasteiger partial charge >= 0.3 is 6.18 Å². The van der Waals surface area contributed by atoms with E-state index in [0.717, 1.165) is 25.2 Å². The number of fused-ring (bicyclic) bond motifs is 1. The van der Waals surface area contributed by atoms with E-state index >= 15 is 0 Å². The third-order valence-corrected chi connectivity index (χ3v) is 3.13. The molecule has 18 heavy (non-hydrogen) atoms. The Morgan fingerprint density at radius 2 is 1.89 bits per heavy atom. The van der Waals surface area contributed by atoms with Crippen LogP contribution in [0, 0.1) is 0 Å². The van der Waals surface area contributed by atoms with E-state index in [1.54, 1.807) is 0 Å². The number of ether oxygens (including phenoxy) is 1. The highest BCUT2D eigenvalue weighted by Gasteiger charge is 2.36. The average molecular weight is 256 g/mol. The molecule has 96 valence electrons. The van der Waals surface area contributed by atoms with Crippen molar-refractivity contribution in [2.24, 2.45) is 4.99 Å². The van der Waals surface area contributed by atoms with Crippen molar-refractivity contribution in [3.8, 4) is 0 Å². The number of hydrogen-bond acceptors (Lipinski definition) is 3. The molecule has 2 heterocycles. The van der Waals surface area contributed by atoms with Gasteiger partial charge in [-0.15, -0.1) is 0 Å². The molecule has 2 unspecified atom stereocenters. The first-order valence-electron chi connectivity index (χ1n) is 5.67. The summed E-state index contributed by atoms with van der Waals surface area (Å²) in [5.41, 5.74) is -0.0656. The van der Waals surface area contributed by atoms with E-state index < -0.39 is 11.7 Å². The molecule has 1 N–H and O–H groups in total. The van der Waals surface area contributed by atoms with Crippen LogP contribution in [0.15, 0.2) is 29.3 Å². The van der Waals surface area contributed by atoms with Gasteiger partial charge in [0, 0.05) is 18.7 Å². The van der Waals surface area contributed by atoms with Gasteiger partial charge in [-0.1, -0.05) is 0 Å². The van der Waals surface area contributed by atoms with Crippen LogP contribution < -0.4 is 5.32 Å². The predicted molar refractivity (Wildman–Crippen MR) is 59.5 cm³/mol. The van der Waals surface area contributed by atoms with Gasteiger partial charge < -0.3 is 10.1 Å². The van der Waals surface area contributed by atoms with Crippen LogP contribution in [0.2, 0.25) is 0 Å². The fraction of sp³-hybridized carbons (Fsp3) is 0.417. The van der Waals surface area contributed by atoms with Crippen LogP contribution in [0.4, 0.5) is 13.2 Å². The maximum atomic E-state index is 12.4. The zero-order valence-corrected chi connectivity index (χ0v) is 9.37. The largest absolute Gasteiger partial charge is 0.470 e. The highest BCUT2D eigenvalue weighted by atomic mass is 19.4. The molecule has 0 saturated carbocycles. The van der Waals surface area contributed by atoms with Gasteiger partial charge in [-0.05, 0) is 24.3 Å². The third kappa shape index (κ3) is 1.96. The van der Waals surface area contributed by atoms with Crippen molar-refractivity contribution in [1.29, 1.82) is 0 Å². The lowest BCUT2D eigenvalue weighted by Crippen LogP contribution is -2.20. The zero-order valence-electron chi connectivity index (χ0n) is 9.37. The van der Waals surface area contributed by atoms with Crippen molar-refractivity contribution in [2.75, 3.05) is 13.1 Å².